The zero-order valence-electron chi connectivity index (χ0n) is 13.1. The number of hydrogen-bond donors (Lipinski definition) is 1. The van der Waals surface area contributed by atoms with Gasteiger partial charge in [0.25, 0.3) is 5.91 Å². The summed E-state index contributed by atoms with van der Waals surface area (Å²) >= 11 is 0. The molecule has 0 radical (unpaired) electrons. The second-order valence-electron chi connectivity index (χ2n) is 5.18. The molecule has 0 aliphatic heterocycles. The number of rotatable bonds is 6. The third-order valence-electron chi connectivity index (χ3n) is 2.98. The number of nitrogens with one attached hydrogen (secondary N) is 1. The second kappa shape index (κ2) is 9.10. The maximum atomic E-state index is 13.8. The predicted octanol–water partition coefficient (Wildman–Crippen LogP) is 3.40. The summed E-state index contributed by atoms with van der Waals surface area (Å²) in [6, 6.07) is 8.26. The minimum absolute atomic E-state index is 0. The lowest BCUT2D eigenvalue weighted by atomic mass is 10.1. The van der Waals surface area contributed by atoms with Crippen LogP contribution in [0.25, 0.3) is 0 Å². The van der Waals surface area contributed by atoms with E-state index in [1.54, 1.807) is 30.5 Å². The molecular weight excluding hydrogens is 319 g/mol. The number of hydrogen-bond acceptors (Lipinski definition) is 3. The van der Waals surface area contributed by atoms with Crippen LogP contribution in [0.4, 0.5) is 4.39 Å². The van der Waals surface area contributed by atoms with Crippen LogP contribution in [0.1, 0.15) is 29.8 Å². The van der Waals surface area contributed by atoms with Crippen LogP contribution in [-0.4, -0.2) is 23.5 Å². The molecule has 4 nitrogen and oxygen atoms in total. The lowest BCUT2D eigenvalue weighted by Gasteiger charge is -2.11. The van der Waals surface area contributed by atoms with Crippen LogP contribution in [0.2, 0.25) is 0 Å². The minimum Gasteiger partial charge on any atom is -0.488 e. The highest BCUT2D eigenvalue weighted by Gasteiger charge is 2.08. The first-order chi connectivity index (χ1) is 10.6. The highest BCUT2D eigenvalue weighted by Crippen LogP contribution is 2.19. The van der Waals surface area contributed by atoms with Crippen LogP contribution in [0.3, 0.4) is 0 Å². The Morgan fingerprint density at radius 3 is 2.74 bits per heavy atom. The average molecular weight is 339 g/mol. The molecule has 1 heterocycles. The number of carbonyl (C=O) groups is 1. The van der Waals surface area contributed by atoms with Crippen molar-refractivity contribution in [2.24, 2.45) is 0 Å². The van der Waals surface area contributed by atoms with E-state index >= 15 is 0 Å². The van der Waals surface area contributed by atoms with E-state index in [-0.39, 0.29) is 36.0 Å². The molecule has 0 bridgehead atoms. The summed E-state index contributed by atoms with van der Waals surface area (Å²) < 4.78 is 19.2. The molecule has 124 valence electrons. The van der Waals surface area contributed by atoms with Gasteiger partial charge in [-0.15, -0.1) is 12.4 Å². The fourth-order valence-corrected chi connectivity index (χ4v) is 1.97. The van der Waals surface area contributed by atoms with Gasteiger partial charge in [0.1, 0.15) is 0 Å². The van der Waals surface area contributed by atoms with Crippen molar-refractivity contribution < 1.29 is 13.9 Å². The quantitative estimate of drug-likeness (QED) is 0.878. The molecule has 1 aromatic carbocycles. The van der Waals surface area contributed by atoms with Crippen molar-refractivity contribution in [3.63, 3.8) is 0 Å². The van der Waals surface area contributed by atoms with Crippen LogP contribution < -0.4 is 10.1 Å². The Morgan fingerprint density at radius 1 is 1.35 bits per heavy atom. The molecule has 1 aromatic heterocycles. The van der Waals surface area contributed by atoms with Crippen molar-refractivity contribution >= 4 is 18.3 Å². The van der Waals surface area contributed by atoms with E-state index in [1.165, 1.54) is 12.3 Å². The van der Waals surface area contributed by atoms with Gasteiger partial charge < -0.3 is 10.1 Å². The first-order valence-corrected chi connectivity index (χ1v) is 7.19. The number of ether oxygens (including phenoxy) is 1. The molecule has 23 heavy (non-hydrogen) atoms. The molecule has 6 heteroatoms. The highest BCUT2D eigenvalue weighted by atomic mass is 35.5. The Labute approximate surface area is 141 Å². The molecule has 0 fully saturated rings. The van der Waals surface area contributed by atoms with Gasteiger partial charge >= 0.3 is 0 Å². The van der Waals surface area contributed by atoms with Crippen LogP contribution in [0.15, 0.2) is 42.7 Å². The zero-order valence-corrected chi connectivity index (χ0v) is 13.9. The molecule has 2 rings (SSSR count). The summed E-state index contributed by atoms with van der Waals surface area (Å²) in [4.78, 5) is 15.7. The molecule has 0 aliphatic rings. The topological polar surface area (TPSA) is 51.2 Å². The van der Waals surface area contributed by atoms with Crippen molar-refractivity contribution in [3.8, 4) is 5.75 Å². The number of amides is 1. The van der Waals surface area contributed by atoms with Gasteiger partial charge in [0.2, 0.25) is 0 Å². The summed E-state index contributed by atoms with van der Waals surface area (Å²) in [5.74, 6) is -0.323. The van der Waals surface area contributed by atoms with Crippen LogP contribution in [0, 0.1) is 5.82 Å². The van der Waals surface area contributed by atoms with Crippen molar-refractivity contribution in [2.75, 3.05) is 6.54 Å². The normalized spacial score (nSPS) is 10.1. The van der Waals surface area contributed by atoms with E-state index in [0.29, 0.717) is 18.5 Å². The fourth-order valence-electron chi connectivity index (χ4n) is 1.97. The summed E-state index contributed by atoms with van der Waals surface area (Å²) in [6.45, 7) is 4.13. The first kappa shape index (κ1) is 18.9. The molecule has 1 N–H and O–H groups in total. The van der Waals surface area contributed by atoms with Gasteiger partial charge in [0.15, 0.2) is 11.6 Å². The third kappa shape index (κ3) is 5.87. The van der Waals surface area contributed by atoms with Gasteiger partial charge in [-0.3, -0.25) is 9.78 Å². The number of nitrogens with zero attached hydrogens (tertiary/aromatic N) is 1. The maximum Gasteiger partial charge on any atom is 0.252 e. The van der Waals surface area contributed by atoms with Crippen molar-refractivity contribution in [3.05, 3.63) is 59.7 Å². The van der Waals surface area contributed by atoms with Gasteiger partial charge in [-0.25, -0.2) is 4.39 Å². The summed E-state index contributed by atoms with van der Waals surface area (Å²) in [5, 5.41) is 2.78. The van der Waals surface area contributed by atoms with Crippen molar-refractivity contribution in [1.29, 1.82) is 0 Å². The number of carbonyl (C=O) groups excluding carboxylic acids is 1. The lowest BCUT2D eigenvalue weighted by Crippen LogP contribution is -2.25. The third-order valence-corrected chi connectivity index (χ3v) is 2.98. The second-order valence-corrected chi connectivity index (χ2v) is 5.18. The molecule has 0 spiro atoms. The Hall–Kier alpha value is -2.14. The number of pyridine rings is 1. The molecular formula is C17H20ClFN2O2. The molecule has 0 saturated heterocycles. The van der Waals surface area contributed by atoms with Crippen LogP contribution >= 0.6 is 12.4 Å². The Kier molecular flexibility index (Phi) is 7.48. The van der Waals surface area contributed by atoms with E-state index in [2.05, 4.69) is 10.3 Å². The molecule has 0 unspecified atom stereocenters. The van der Waals surface area contributed by atoms with Crippen LogP contribution in [-0.2, 0) is 6.42 Å². The van der Waals surface area contributed by atoms with Gasteiger partial charge in [0, 0.05) is 18.9 Å². The molecule has 2 aromatic rings. The Balaban J connectivity index is 0.00000264. The fraction of sp³-hybridized carbons (Fsp3) is 0.294. The Bertz CT molecular complexity index is 636. The number of halogens is 2. The molecule has 0 saturated carbocycles. The highest BCUT2D eigenvalue weighted by molar-refractivity contribution is 5.93. The van der Waals surface area contributed by atoms with Crippen LogP contribution in [0.5, 0.6) is 5.75 Å². The van der Waals surface area contributed by atoms with E-state index in [9.17, 15) is 9.18 Å². The minimum atomic E-state index is -0.384. The monoisotopic (exact) mass is 338 g/mol. The Morgan fingerprint density at radius 2 is 2.13 bits per heavy atom. The summed E-state index contributed by atoms with van der Waals surface area (Å²) in [6.07, 6.45) is 3.59. The number of benzene rings is 1. The van der Waals surface area contributed by atoms with E-state index in [0.717, 1.165) is 5.56 Å². The molecule has 0 aliphatic carbocycles. The first-order valence-electron chi connectivity index (χ1n) is 7.19. The summed E-state index contributed by atoms with van der Waals surface area (Å²) in [7, 11) is 0. The van der Waals surface area contributed by atoms with E-state index < -0.39 is 0 Å². The van der Waals surface area contributed by atoms with Crippen molar-refractivity contribution in [1.82, 2.24) is 10.3 Å². The standard InChI is InChI=1S/C17H19FN2O2.ClH/c1-12(2)22-16-6-5-13(10-15(16)18)7-9-20-17(21)14-4-3-8-19-11-14;/h3-6,8,10-12H,7,9H2,1-2H3,(H,20,21);1H. The van der Waals surface area contributed by atoms with Gasteiger partial charge in [-0.05, 0) is 50.1 Å². The van der Waals surface area contributed by atoms with Gasteiger partial charge in [0.05, 0.1) is 11.7 Å². The number of aromatic nitrogens is 1. The maximum absolute atomic E-state index is 13.8. The smallest absolute Gasteiger partial charge is 0.252 e. The van der Waals surface area contributed by atoms with Crippen molar-refractivity contribution in [2.45, 2.75) is 26.4 Å². The largest absolute Gasteiger partial charge is 0.488 e. The predicted molar refractivity (Wildman–Crippen MR) is 89.7 cm³/mol. The van der Waals surface area contributed by atoms with E-state index in [1.807, 2.05) is 13.8 Å². The van der Waals surface area contributed by atoms with Gasteiger partial charge in [-0.1, -0.05) is 6.07 Å². The molecule has 1 amide bonds. The zero-order chi connectivity index (χ0) is 15.9. The SMILES string of the molecule is CC(C)Oc1ccc(CCNC(=O)c2cccnc2)cc1F.Cl. The molecule has 0 atom stereocenters. The lowest BCUT2D eigenvalue weighted by molar-refractivity contribution is 0.0953. The summed E-state index contributed by atoms with van der Waals surface area (Å²) in [5.41, 5.74) is 1.31. The van der Waals surface area contributed by atoms with E-state index in [4.69, 9.17) is 4.74 Å². The van der Waals surface area contributed by atoms with Gasteiger partial charge in [-0.2, -0.15) is 0 Å². The average Bonchev–Trinajstić information content (AvgIpc) is 2.50.